The Kier molecular flexibility index (Phi) is 10.4. The van der Waals surface area contributed by atoms with Crippen LogP contribution in [0.2, 0.25) is 0 Å². The summed E-state index contributed by atoms with van der Waals surface area (Å²) < 4.78 is 15.2. The molecule has 1 saturated heterocycles. The average molecular weight is 491 g/mol. The number of hydrogen-bond donors (Lipinski definition) is 0. The highest BCUT2D eigenvalue weighted by Crippen LogP contribution is 2.25. The number of ether oxygens (including phenoxy) is 2. The molecular weight excluding hydrogens is 448 g/mol. The van der Waals surface area contributed by atoms with Crippen LogP contribution in [0.1, 0.15) is 96.8 Å². The van der Waals surface area contributed by atoms with Gasteiger partial charge in [-0.05, 0) is 32.1 Å². The predicted molar refractivity (Wildman–Crippen MR) is 136 cm³/mol. The number of nitrogens with zero attached hydrogens (tertiary/aromatic N) is 4. The molecule has 2 atom stereocenters. The van der Waals surface area contributed by atoms with E-state index in [-0.39, 0.29) is 23.5 Å². The van der Waals surface area contributed by atoms with E-state index in [9.17, 15) is 14.4 Å². The van der Waals surface area contributed by atoms with E-state index in [2.05, 4.69) is 11.9 Å². The molecule has 2 aromatic heterocycles. The Bertz CT molecular complexity index is 1070. The minimum atomic E-state index is -0.517. The maximum absolute atomic E-state index is 12.7. The predicted octanol–water partition coefficient (Wildman–Crippen LogP) is 4.82. The number of aryl methyl sites for hydroxylation is 2. The molecule has 0 bridgehead atoms. The third-order valence-electron chi connectivity index (χ3n) is 7.07. The van der Waals surface area contributed by atoms with Crippen molar-refractivity contribution < 1.29 is 14.3 Å². The molecule has 1 aliphatic rings. The Balaban J connectivity index is 1.31. The molecule has 0 amide bonds. The number of carbonyl (C=O) groups is 1. The SMILES string of the molecule is CCCCCCCCC1OC(=O)OC1CCCCCCCCn1c(=O)c2c(ncn2C)n(C)c1=O. The zero-order valence-electron chi connectivity index (χ0n) is 21.7. The van der Waals surface area contributed by atoms with Crippen LogP contribution in [-0.2, 0) is 30.1 Å². The molecule has 0 aliphatic carbocycles. The molecule has 2 unspecified atom stereocenters. The second-order valence-corrected chi connectivity index (χ2v) is 9.86. The van der Waals surface area contributed by atoms with Gasteiger partial charge in [-0.1, -0.05) is 64.7 Å². The quantitative estimate of drug-likeness (QED) is 0.247. The second kappa shape index (κ2) is 13.5. The van der Waals surface area contributed by atoms with E-state index >= 15 is 0 Å². The van der Waals surface area contributed by atoms with Gasteiger partial charge < -0.3 is 14.0 Å². The van der Waals surface area contributed by atoms with Crippen LogP contribution < -0.4 is 11.2 Å². The number of aromatic nitrogens is 4. The maximum Gasteiger partial charge on any atom is 0.509 e. The van der Waals surface area contributed by atoms with Crippen LogP contribution >= 0.6 is 0 Å². The summed E-state index contributed by atoms with van der Waals surface area (Å²) in [4.78, 5) is 41.1. The normalized spacial score (nSPS) is 17.7. The molecule has 3 heterocycles. The molecule has 196 valence electrons. The lowest BCUT2D eigenvalue weighted by atomic mass is 9.99. The number of cyclic esters (lactones) is 2. The van der Waals surface area contributed by atoms with Gasteiger partial charge in [-0.15, -0.1) is 0 Å². The van der Waals surface area contributed by atoms with Crippen molar-refractivity contribution >= 4 is 17.3 Å². The van der Waals surface area contributed by atoms with Crippen molar-refractivity contribution in [3.63, 3.8) is 0 Å². The van der Waals surface area contributed by atoms with Crippen molar-refractivity contribution in [3.05, 3.63) is 27.2 Å². The topological polar surface area (TPSA) is 97.3 Å². The molecule has 9 nitrogen and oxygen atoms in total. The van der Waals surface area contributed by atoms with Gasteiger partial charge in [-0.2, -0.15) is 0 Å². The van der Waals surface area contributed by atoms with Crippen LogP contribution in [0.3, 0.4) is 0 Å². The van der Waals surface area contributed by atoms with Crippen molar-refractivity contribution in [3.8, 4) is 0 Å². The molecular formula is C26H42N4O5. The monoisotopic (exact) mass is 490 g/mol. The first-order valence-corrected chi connectivity index (χ1v) is 13.4. The van der Waals surface area contributed by atoms with E-state index in [4.69, 9.17) is 9.47 Å². The van der Waals surface area contributed by atoms with Gasteiger partial charge in [-0.25, -0.2) is 14.6 Å². The van der Waals surface area contributed by atoms with Gasteiger partial charge in [0, 0.05) is 20.6 Å². The van der Waals surface area contributed by atoms with Crippen molar-refractivity contribution in [1.82, 2.24) is 18.7 Å². The molecule has 1 fully saturated rings. The van der Waals surface area contributed by atoms with E-state index in [0.717, 1.165) is 57.8 Å². The minimum absolute atomic E-state index is 0.0913. The standard InChI is InChI=1S/C26H42N4O5/c1-4-5-6-7-10-13-16-20-21(35-26(33)34-20)17-14-11-8-9-12-15-18-30-24(31)22-23(27-19-28(22)2)29(3)25(30)32/h19-21H,4-18H2,1-3H3. The van der Waals surface area contributed by atoms with Crippen molar-refractivity contribution in [2.24, 2.45) is 14.1 Å². The summed E-state index contributed by atoms with van der Waals surface area (Å²) in [6.07, 6.45) is 15.9. The summed E-state index contributed by atoms with van der Waals surface area (Å²) in [5.74, 6) is 0. The lowest BCUT2D eigenvalue weighted by Gasteiger charge is -2.15. The summed E-state index contributed by atoms with van der Waals surface area (Å²) in [5.41, 5.74) is 0.293. The summed E-state index contributed by atoms with van der Waals surface area (Å²) in [7, 11) is 3.42. The minimum Gasteiger partial charge on any atom is -0.427 e. The molecule has 3 rings (SSSR count). The van der Waals surface area contributed by atoms with Gasteiger partial charge >= 0.3 is 11.8 Å². The largest absolute Gasteiger partial charge is 0.509 e. The van der Waals surface area contributed by atoms with Gasteiger partial charge in [0.25, 0.3) is 5.56 Å². The van der Waals surface area contributed by atoms with Crippen LogP contribution in [0, 0.1) is 0 Å². The molecule has 0 aromatic carbocycles. The first-order chi connectivity index (χ1) is 16.9. The summed E-state index contributed by atoms with van der Waals surface area (Å²) >= 11 is 0. The highest BCUT2D eigenvalue weighted by atomic mass is 16.8. The Morgan fingerprint density at radius 2 is 1.34 bits per heavy atom. The Hall–Kier alpha value is -2.58. The number of fused-ring (bicyclic) bond motifs is 1. The molecule has 0 radical (unpaired) electrons. The number of rotatable bonds is 16. The fraction of sp³-hybridized carbons (Fsp3) is 0.769. The lowest BCUT2D eigenvalue weighted by molar-refractivity contribution is 0.114. The zero-order chi connectivity index (χ0) is 25.2. The van der Waals surface area contributed by atoms with E-state index < -0.39 is 6.16 Å². The van der Waals surface area contributed by atoms with Crippen LogP contribution in [0.15, 0.2) is 15.9 Å². The van der Waals surface area contributed by atoms with E-state index in [1.54, 1.807) is 25.0 Å². The molecule has 1 aliphatic heterocycles. The molecule has 0 N–H and O–H groups in total. The fourth-order valence-corrected chi connectivity index (χ4v) is 4.96. The number of imidazole rings is 1. The van der Waals surface area contributed by atoms with Gasteiger partial charge in [-0.3, -0.25) is 13.9 Å². The van der Waals surface area contributed by atoms with Gasteiger partial charge in [0.15, 0.2) is 11.2 Å². The third kappa shape index (κ3) is 7.21. The highest BCUT2D eigenvalue weighted by molar-refractivity contribution is 5.69. The fourth-order valence-electron chi connectivity index (χ4n) is 4.96. The number of hydrogen-bond acceptors (Lipinski definition) is 6. The Morgan fingerprint density at radius 1 is 0.800 bits per heavy atom. The summed E-state index contributed by atoms with van der Waals surface area (Å²) in [6.45, 7) is 2.64. The Morgan fingerprint density at radius 3 is 1.94 bits per heavy atom. The smallest absolute Gasteiger partial charge is 0.427 e. The molecule has 35 heavy (non-hydrogen) atoms. The van der Waals surface area contributed by atoms with E-state index in [1.165, 1.54) is 41.2 Å². The first-order valence-electron chi connectivity index (χ1n) is 13.4. The molecule has 2 aromatic rings. The van der Waals surface area contributed by atoms with Crippen LogP contribution in [0.4, 0.5) is 4.79 Å². The first kappa shape index (κ1) is 27.0. The number of carbonyl (C=O) groups excluding carboxylic acids is 1. The highest BCUT2D eigenvalue weighted by Gasteiger charge is 2.35. The summed E-state index contributed by atoms with van der Waals surface area (Å²) in [6, 6.07) is 0. The Labute approximate surface area is 207 Å². The van der Waals surface area contributed by atoms with Crippen molar-refractivity contribution in [1.29, 1.82) is 0 Å². The van der Waals surface area contributed by atoms with Gasteiger partial charge in [0.05, 0.1) is 6.33 Å². The summed E-state index contributed by atoms with van der Waals surface area (Å²) in [5, 5.41) is 0. The molecule has 0 spiro atoms. The van der Waals surface area contributed by atoms with Crippen LogP contribution in [-0.4, -0.2) is 37.0 Å². The zero-order valence-corrected chi connectivity index (χ0v) is 21.7. The lowest BCUT2D eigenvalue weighted by Crippen LogP contribution is -2.39. The van der Waals surface area contributed by atoms with Crippen LogP contribution in [0.25, 0.3) is 11.2 Å². The third-order valence-corrected chi connectivity index (χ3v) is 7.07. The van der Waals surface area contributed by atoms with E-state index in [0.29, 0.717) is 17.7 Å². The van der Waals surface area contributed by atoms with E-state index in [1.807, 2.05) is 0 Å². The van der Waals surface area contributed by atoms with Gasteiger partial charge in [0.1, 0.15) is 12.2 Å². The molecule has 9 heteroatoms. The van der Waals surface area contributed by atoms with Crippen molar-refractivity contribution in [2.75, 3.05) is 0 Å². The molecule has 0 saturated carbocycles. The maximum atomic E-state index is 12.7. The number of unbranched alkanes of at least 4 members (excludes halogenated alkanes) is 10. The van der Waals surface area contributed by atoms with Crippen molar-refractivity contribution in [2.45, 2.75) is 116 Å². The second-order valence-electron chi connectivity index (χ2n) is 9.86. The average Bonchev–Trinajstić information content (AvgIpc) is 3.40. The van der Waals surface area contributed by atoms with Gasteiger partial charge in [0.2, 0.25) is 0 Å². The van der Waals surface area contributed by atoms with Crippen LogP contribution in [0.5, 0.6) is 0 Å².